The average Bonchev–Trinajstić information content (AvgIpc) is 3.23. The molecule has 3 aromatic rings. The highest BCUT2D eigenvalue weighted by Crippen LogP contribution is 2.37. The first-order valence-corrected chi connectivity index (χ1v) is 9.89. The van der Waals surface area contributed by atoms with Crippen LogP contribution < -0.4 is 4.90 Å². The molecule has 0 radical (unpaired) electrons. The van der Waals surface area contributed by atoms with Crippen LogP contribution >= 0.6 is 0 Å². The van der Waals surface area contributed by atoms with Gasteiger partial charge in [-0.05, 0) is 36.4 Å². The summed E-state index contributed by atoms with van der Waals surface area (Å²) in [5.74, 6) is -0.0230. The number of nitrogens with zero attached hydrogens (tertiary/aromatic N) is 6. The van der Waals surface area contributed by atoms with Crippen molar-refractivity contribution < 1.29 is 13.2 Å². The summed E-state index contributed by atoms with van der Waals surface area (Å²) in [7, 11) is 0. The number of anilines is 1. The van der Waals surface area contributed by atoms with Crippen LogP contribution in [0.3, 0.4) is 0 Å². The topological polar surface area (TPSA) is 49.6 Å². The Balaban J connectivity index is 1.34. The third-order valence-electron chi connectivity index (χ3n) is 5.39. The molecule has 0 bridgehead atoms. The molecule has 0 spiro atoms. The third kappa shape index (κ3) is 3.67. The van der Waals surface area contributed by atoms with Gasteiger partial charge in [0.15, 0.2) is 0 Å². The maximum absolute atomic E-state index is 13.3. The molecule has 1 fully saturated rings. The van der Waals surface area contributed by atoms with Crippen LogP contribution in [0.5, 0.6) is 0 Å². The SMILES string of the molecule is FC(F)(F)c1cccnc1N1CC(N2CC=CC(c3ccnn3-c3ccccc3)=N2)C1. The molecule has 1 aromatic carbocycles. The Labute approximate surface area is 176 Å². The molecule has 2 aromatic heterocycles. The summed E-state index contributed by atoms with van der Waals surface area (Å²) in [5, 5.41) is 11.1. The van der Waals surface area contributed by atoms with E-state index < -0.39 is 11.7 Å². The predicted octanol–water partition coefficient (Wildman–Crippen LogP) is 3.75. The van der Waals surface area contributed by atoms with Crippen LogP contribution in [-0.2, 0) is 6.18 Å². The molecule has 6 nitrogen and oxygen atoms in total. The van der Waals surface area contributed by atoms with Gasteiger partial charge >= 0.3 is 6.18 Å². The van der Waals surface area contributed by atoms with Gasteiger partial charge < -0.3 is 4.90 Å². The summed E-state index contributed by atoms with van der Waals surface area (Å²) in [6.07, 6.45) is 2.65. The quantitative estimate of drug-likeness (QED) is 0.640. The second-order valence-electron chi connectivity index (χ2n) is 7.40. The Bertz CT molecular complexity index is 1130. The number of hydrogen-bond donors (Lipinski definition) is 0. The number of allylic oxidation sites excluding steroid dienone is 1. The second-order valence-corrected chi connectivity index (χ2v) is 7.40. The summed E-state index contributed by atoms with van der Waals surface area (Å²) in [6, 6.07) is 14.1. The third-order valence-corrected chi connectivity index (χ3v) is 5.39. The normalized spacial score (nSPS) is 16.9. The molecule has 5 rings (SSSR count). The first-order chi connectivity index (χ1) is 15.0. The molecule has 0 unspecified atom stereocenters. The van der Waals surface area contributed by atoms with Gasteiger partial charge in [0.25, 0.3) is 0 Å². The molecule has 4 heterocycles. The zero-order valence-electron chi connectivity index (χ0n) is 16.4. The maximum Gasteiger partial charge on any atom is 0.419 e. The Hall–Kier alpha value is -3.62. The summed E-state index contributed by atoms with van der Waals surface area (Å²) in [6.45, 7) is 1.47. The van der Waals surface area contributed by atoms with Gasteiger partial charge in [-0.15, -0.1) is 0 Å². The van der Waals surface area contributed by atoms with Gasteiger partial charge in [0.05, 0.1) is 35.7 Å². The number of rotatable bonds is 4. The number of hydrazone groups is 1. The summed E-state index contributed by atoms with van der Waals surface area (Å²) >= 11 is 0. The van der Waals surface area contributed by atoms with E-state index in [4.69, 9.17) is 5.10 Å². The summed E-state index contributed by atoms with van der Waals surface area (Å²) < 4.78 is 41.7. The fraction of sp³-hybridized carbons (Fsp3) is 0.227. The Morgan fingerprint density at radius 1 is 0.935 bits per heavy atom. The highest BCUT2D eigenvalue weighted by Gasteiger charge is 2.40. The molecule has 31 heavy (non-hydrogen) atoms. The molecule has 0 atom stereocenters. The van der Waals surface area contributed by atoms with Crippen molar-refractivity contribution in [2.24, 2.45) is 5.10 Å². The van der Waals surface area contributed by atoms with E-state index in [0.717, 1.165) is 23.2 Å². The minimum absolute atomic E-state index is 0.0103. The van der Waals surface area contributed by atoms with E-state index in [1.54, 1.807) is 11.1 Å². The lowest BCUT2D eigenvalue weighted by molar-refractivity contribution is -0.137. The highest BCUT2D eigenvalue weighted by molar-refractivity contribution is 6.08. The van der Waals surface area contributed by atoms with E-state index in [1.165, 1.54) is 12.3 Å². The van der Waals surface area contributed by atoms with Crippen LogP contribution in [0.4, 0.5) is 19.0 Å². The average molecular weight is 424 g/mol. The fourth-order valence-corrected chi connectivity index (χ4v) is 3.81. The molecule has 158 valence electrons. The number of benzene rings is 1. The molecule has 0 aliphatic carbocycles. The van der Waals surface area contributed by atoms with E-state index in [9.17, 15) is 13.2 Å². The van der Waals surface area contributed by atoms with Gasteiger partial charge in [-0.2, -0.15) is 23.4 Å². The van der Waals surface area contributed by atoms with Crippen molar-refractivity contribution >= 4 is 11.5 Å². The van der Waals surface area contributed by atoms with Crippen molar-refractivity contribution in [1.29, 1.82) is 0 Å². The van der Waals surface area contributed by atoms with Crippen molar-refractivity contribution in [1.82, 2.24) is 19.8 Å². The minimum atomic E-state index is -4.43. The van der Waals surface area contributed by atoms with E-state index >= 15 is 0 Å². The molecule has 0 N–H and O–H groups in total. The number of alkyl halides is 3. The minimum Gasteiger partial charge on any atom is -0.352 e. The lowest BCUT2D eigenvalue weighted by Crippen LogP contribution is -2.59. The molecule has 0 saturated carbocycles. The number of pyridine rings is 1. The van der Waals surface area contributed by atoms with E-state index in [2.05, 4.69) is 10.1 Å². The van der Waals surface area contributed by atoms with Gasteiger partial charge in [-0.3, -0.25) is 5.01 Å². The number of halogens is 3. The lowest BCUT2D eigenvalue weighted by Gasteiger charge is -2.45. The van der Waals surface area contributed by atoms with Crippen LogP contribution in [-0.4, -0.2) is 51.2 Å². The fourth-order valence-electron chi connectivity index (χ4n) is 3.81. The van der Waals surface area contributed by atoms with E-state index in [1.807, 2.05) is 58.2 Å². The molecule has 0 amide bonds. The molecule has 9 heteroatoms. The Morgan fingerprint density at radius 2 is 1.74 bits per heavy atom. The van der Waals surface area contributed by atoms with E-state index in [0.29, 0.717) is 19.6 Å². The van der Waals surface area contributed by atoms with Gasteiger partial charge in [0.1, 0.15) is 11.5 Å². The van der Waals surface area contributed by atoms with Crippen molar-refractivity contribution in [3.63, 3.8) is 0 Å². The smallest absolute Gasteiger partial charge is 0.352 e. The Morgan fingerprint density at radius 3 is 2.52 bits per heavy atom. The van der Waals surface area contributed by atoms with Gasteiger partial charge in [0.2, 0.25) is 0 Å². The summed E-state index contributed by atoms with van der Waals surface area (Å²) in [5.41, 5.74) is 1.84. The molecule has 1 saturated heterocycles. The first-order valence-electron chi connectivity index (χ1n) is 9.89. The predicted molar refractivity (Wildman–Crippen MR) is 111 cm³/mol. The molecule has 2 aliphatic heterocycles. The van der Waals surface area contributed by atoms with Crippen LogP contribution in [0.1, 0.15) is 11.3 Å². The first kappa shape index (κ1) is 19.3. The molecule has 2 aliphatic rings. The van der Waals surface area contributed by atoms with Gasteiger partial charge in [-0.25, -0.2) is 9.67 Å². The largest absolute Gasteiger partial charge is 0.419 e. The monoisotopic (exact) mass is 424 g/mol. The number of hydrogen-bond acceptors (Lipinski definition) is 5. The highest BCUT2D eigenvalue weighted by atomic mass is 19.4. The number of para-hydroxylation sites is 1. The maximum atomic E-state index is 13.3. The van der Waals surface area contributed by atoms with Crippen molar-refractivity contribution in [2.45, 2.75) is 12.2 Å². The standard InChI is InChI=1S/C22H19F3N6/c23-22(24,25)18-8-4-11-26-21(18)29-14-17(15-29)30-13-5-9-19(28-30)20-10-12-27-31(20)16-6-2-1-3-7-16/h1-12,17H,13-15H2. The van der Waals surface area contributed by atoms with Crippen molar-refractivity contribution in [3.8, 4) is 5.69 Å². The van der Waals surface area contributed by atoms with Gasteiger partial charge in [0, 0.05) is 19.3 Å². The second kappa shape index (κ2) is 7.57. The molecular formula is C22H19F3N6. The van der Waals surface area contributed by atoms with Crippen molar-refractivity contribution in [3.05, 3.63) is 84.3 Å². The lowest BCUT2D eigenvalue weighted by atomic mass is 10.1. The van der Waals surface area contributed by atoms with Crippen LogP contribution in [0.25, 0.3) is 5.69 Å². The van der Waals surface area contributed by atoms with Gasteiger partial charge in [-0.1, -0.05) is 24.3 Å². The Kier molecular flexibility index (Phi) is 4.72. The summed E-state index contributed by atoms with van der Waals surface area (Å²) in [4.78, 5) is 5.62. The zero-order chi connectivity index (χ0) is 21.4. The van der Waals surface area contributed by atoms with Crippen molar-refractivity contribution in [2.75, 3.05) is 24.5 Å². The molecular weight excluding hydrogens is 405 g/mol. The van der Waals surface area contributed by atoms with E-state index in [-0.39, 0.29) is 11.9 Å². The van der Waals surface area contributed by atoms with Crippen LogP contribution in [0.15, 0.2) is 78.2 Å². The zero-order valence-corrected chi connectivity index (χ0v) is 16.4. The number of aromatic nitrogens is 3. The van der Waals surface area contributed by atoms with Crippen LogP contribution in [0, 0.1) is 0 Å². The van der Waals surface area contributed by atoms with Crippen LogP contribution in [0.2, 0.25) is 0 Å².